The predicted molar refractivity (Wildman–Crippen MR) is 80.8 cm³/mol. The number of methoxy groups -OCH3 is 2. The lowest BCUT2D eigenvalue weighted by Crippen LogP contribution is -2.43. The molecule has 0 fully saturated rings. The summed E-state index contributed by atoms with van der Waals surface area (Å²) in [6.07, 6.45) is -0.379. The Hall–Kier alpha value is -1.99. The second kappa shape index (κ2) is 7.86. The van der Waals surface area contributed by atoms with Crippen molar-refractivity contribution in [2.24, 2.45) is 0 Å². The van der Waals surface area contributed by atoms with Crippen molar-refractivity contribution in [1.29, 1.82) is 0 Å². The highest BCUT2D eigenvalue weighted by Gasteiger charge is 2.26. The molecule has 0 spiro atoms. The molecule has 22 heavy (non-hydrogen) atoms. The molecule has 7 nitrogen and oxygen atoms in total. The SMILES string of the molecule is COC(=O)C[C@@H](NC(=O)c1ccc(Cl)c(N)c1Cl)C(=O)OC. The van der Waals surface area contributed by atoms with Crippen LogP contribution in [-0.4, -0.2) is 38.1 Å². The Labute approximate surface area is 136 Å². The van der Waals surface area contributed by atoms with Gasteiger partial charge in [0.2, 0.25) is 0 Å². The first-order chi connectivity index (χ1) is 10.3. The molecule has 1 amide bonds. The monoisotopic (exact) mass is 348 g/mol. The minimum Gasteiger partial charge on any atom is -0.469 e. The average molecular weight is 349 g/mol. The van der Waals surface area contributed by atoms with Crippen molar-refractivity contribution in [2.75, 3.05) is 20.0 Å². The number of amides is 1. The van der Waals surface area contributed by atoms with Gasteiger partial charge >= 0.3 is 11.9 Å². The zero-order chi connectivity index (χ0) is 16.9. The van der Waals surface area contributed by atoms with E-state index < -0.39 is 23.9 Å². The molecule has 0 aliphatic rings. The summed E-state index contributed by atoms with van der Waals surface area (Å²) in [6, 6.07) is 1.53. The fourth-order valence-corrected chi connectivity index (χ4v) is 2.02. The van der Waals surface area contributed by atoms with Crippen LogP contribution in [0, 0.1) is 0 Å². The van der Waals surface area contributed by atoms with Gasteiger partial charge < -0.3 is 20.5 Å². The molecule has 0 bridgehead atoms. The van der Waals surface area contributed by atoms with Crippen molar-refractivity contribution in [3.05, 3.63) is 27.7 Å². The molecule has 0 aliphatic carbocycles. The summed E-state index contributed by atoms with van der Waals surface area (Å²) >= 11 is 11.7. The van der Waals surface area contributed by atoms with E-state index in [2.05, 4.69) is 14.8 Å². The maximum absolute atomic E-state index is 12.2. The second-order valence-corrected chi connectivity index (χ2v) is 4.94. The highest BCUT2D eigenvalue weighted by atomic mass is 35.5. The standard InChI is InChI=1S/C13H14Cl2N2O5/c1-21-9(18)5-8(13(20)22-2)17-12(19)6-3-4-7(14)11(16)10(6)15/h3-4,8H,5,16H2,1-2H3,(H,17,19)/t8-/m1/s1. The molecule has 3 N–H and O–H groups in total. The number of nitrogens with two attached hydrogens (primary N) is 1. The van der Waals surface area contributed by atoms with E-state index in [1.807, 2.05) is 0 Å². The van der Waals surface area contributed by atoms with Crippen molar-refractivity contribution in [1.82, 2.24) is 5.32 Å². The number of nitrogen functional groups attached to an aromatic ring is 1. The van der Waals surface area contributed by atoms with Crippen LogP contribution in [0.5, 0.6) is 0 Å². The van der Waals surface area contributed by atoms with Crippen molar-refractivity contribution in [2.45, 2.75) is 12.5 Å². The van der Waals surface area contributed by atoms with E-state index >= 15 is 0 Å². The van der Waals surface area contributed by atoms with Crippen LogP contribution in [0.3, 0.4) is 0 Å². The number of carbonyl (C=O) groups excluding carboxylic acids is 3. The number of hydrogen-bond acceptors (Lipinski definition) is 6. The first kappa shape index (κ1) is 18.1. The number of hydrogen-bond donors (Lipinski definition) is 2. The molecule has 1 aromatic rings. The Bertz CT molecular complexity index is 606. The van der Waals surface area contributed by atoms with Gasteiger partial charge in [0, 0.05) is 0 Å². The van der Waals surface area contributed by atoms with Gasteiger partial charge in [-0.2, -0.15) is 0 Å². The zero-order valence-electron chi connectivity index (χ0n) is 11.8. The van der Waals surface area contributed by atoms with Crippen LogP contribution in [-0.2, 0) is 19.1 Å². The third kappa shape index (κ3) is 4.25. The van der Waals surface area contributed by atoms with E-state index in [9.17, 15) is 14.4 Å². The summed E-state index contributed by atoms with van der Waals surface area (Å²) in [4.78, 5) is 35.1. The fourth-order valence-electron chi connectivity index (χ4n) is 1.57. The maximum Gasteiger partial charge on any atom is 0.328 e. The van der Waals surface area contributed by atoms with Gasteiger partial charge in [0.15, 0.2) is 0 Å². The topological polar surface area (TPSA) is 108 Å². The highest BCUT2D eigenvalue weighted by molar-refractivity contribution is 6.40. The molecule has 1 atom stereocenters. The number of benzene rings is 1. The van der Waals surface area contributed by atoms with Gasteiger partial charge in [-0.3, -0.25) is 9.59 Å². The molecule has 1 rings (SSSR count). The van der Waals surface area contributed by atoms with Crippen molar-refractivity contribution in [3.63, 3.8) is 0 Å². The Morgan fingerprint density at radius 3 is 2.41 bits per heavy atom. The van der Waals surface area contributed by atoms with Crippen LogP contribution >= 0.6 is 23.2 Å². The Morgan fingerprint density at radius 1 is 1.23 bits per heavy atom. The van der Waals surface area contributed by atoms with Crippen molar-refractivity contribution in [3.8, 4) is 0 Å². The Morgan fingerprint density at radius 2 is 1.86 bits per heavy atom. The van der Waals surface area contributed by atoms with Crippen LogP contribution in [0.25, 0.3) is 0 Å². The normalized spacial score (nSPS) is 11.5. The van der Waals surface area contributed by atoms with E-state index in [0.717, 1.165) is 14.2 Å². The van der Waals surface area contributed by atoms with Gasteiger partial charge in [0.1, 0.15) is 6.04 Å². The largest absolute Gasteiger partial charge is 0.469 e. The Balaban J connectivity index is 2.98. The van der Waals surface area contributed by atoms with Crippen LogP contribution < -0.4 is 11.1 Å². The number of ether oxygens (including phenoxy) is 2. The fraction of sp³-hybridized carbons (Fsp3) is 0.308. The molecule has 0 unspecified atom stereocenters. The number of nitrogens with one attached hydrogen (secondary N) is 1. The van der Waals surface area contributed by atoms with E-state index in [1.165, 1.54) is 12.1 Å². The molecule has 0 aromatic heterocycles. The Kier molecular flexibility index (Phi) is 6.45. The first-order valence-electron chi connectivity index (χ1n) is 6.00. The van der Waals surface area contributed by atoms with Crippen LogP contribution in [0.4, 0.5) is 5.69 Å². The molecule has 120 valence electrons. The van der Waals surface area contributed by atoms with E-state index in [0.29, 0.717) is 0 Å². The highest BCUT2D eigenvalue weighted by Crippen LogP contribution is 2.30. The van der Waals surface area contributed by atoms with Crippen LogP contribution in [0.15, 0.2) is 12.1 Å². The van der Waals surface area contributed by atoms with Gasteiger partial charge in [-0.25, -0.2) is 4.79 Å². The molecule has 9 heteroatoms. The lowest BCUT2D eigenvalue weighted by molar-refractivity contribution is -0.149. The molecule has 0 heterocycles. The lowest BCUT2D eigenvalue weighted by atomic mass is 10.1. The molecule has 0 saturated carbocycles. The summed E-state index contributed by atoms with van der Waals surface area (Å²) in [7, 11) is 2.29. The summed E-state index contributed by atoms with van der Waals surface area (Å²) in [5.74, 6) is -2.18. The lowest BCUT2D eigenvalue weighted by Gasteiger charge is -2.16. The summed E-state index contributed by atoms with van der Waals surface area (Å²) in [5, 5.41) is 2.49. The summed E-state index contributed by atoms with van der Waals surface area (Å²) < 4.78 is 8.99. The number of anilines is 1. The number of rotatable bonds is 5. The van der Waals surface area contributed by atoms with E-state index in [4.69, 9.17) is 28.9 Å². The smallest absolute Gasteiger partial charge is 0.328 e. The van der Waals surface area contributed by atoms with Gasteiger partial charge in [0.05, 0.1) is 41.9 Å². The number of carbonyl (C=O) groups is 3. The molecule has 1 aromatic carbocycles. The molecular weight excluding hydrogens is 335 g/mol. The van der Waals surface area contributed by atoms with Gasteiger partial charge in [0.25, 0.3) is 5.91 Å². The zero-order valence-corrected chi connectivity index (χ0v) is 13.3. The van der Waals surface area contributed by atoms with Crippen LogP contribution in [0.2, 0.25) is 10.0 Å². The van der Waals surface area contributed by atoms with Gasteiger partial charge in [-0.05, 0) is 12.1 Å². The number of esters is 2. The average Bonchev–Trinajstić information content (AvgIpc) is 2.50. The molecule has 0 radical (unpaired) electrons. The maximum atomic E-state index is 12.2. The van der Waals surface area contributed by atoms with Crippen molar-refractivity contribution < 1.29 is 23.9 Å². The second-order valence-electron chi connectivity index (χ2n) is 4.15. The van der Waals surface area contributed by atoms with Gasteiger partial charge in [-0.1, -0.05) is 23.2 Å². The third-order valence-electron chi connectivity index (χ3n) is 2.76. The molecular formula is C13H14Cl2N2O5. The van der Waals surface area contributed by atoms with Crippen LogP contribution in [0.1, 0.15) is 16.8 Å². The summed E-state index contributed by atoms with van der Waals surface area (Å²) in [5.41, 5.74) is 5.69. The quantitative estimate of drug-likeness (QED) is 0.615. The summed E-state index contributed by atoms with van der Waals surface area (Å²) in [6.45, 7) is 0. The predicted octanol–water partition coefficient (Wildman–Crippen LogP) is 1.41. The molecule has 0 aliphatic heterocycles. The van der Waals surface area contributed by atoms with E-state index in [1.54, 1.807) is 0 Å². The van der Waals surface area contributed by atoms with E-state index in [-0.39, 0.29) is 27.7 Å². The number of halogens is 2. The minimum atomic E-state index is -1.21. The van der Waals surface area contributed by atoms with Gasteiger partial charge in [-0.15, -0.1) is 0 Å². The third-order valence-corrected chi connectivity index (χ3v) is 3.50. The molecule has 0 saturated heterocycles. The van der Waals surface area contributed by atoms with Crippen molar-refractivity contribution >= 4 is 46.7 Å². The first-order valence-corrected chi connectivity index (χ1v) is 6.76. The minimum absolute atomic E-state index is 0.0161.